The normalized spacial score (nSPS) is 22.7. The van der Waals surface area contributed by atoms with Gasteiger partial charge < -0.3 is 4.90 Å². The van der Waals surface area contributed by atoms with Gasteiger partial charge in [-0.05, 0) is 6.26 Å². The van der Waals surface area contributed by atoms with Gasteiger partial charge >= 0.3 is 0 Å². The molecular formula is C9H17NOS. The van der Waals surface area contributed by atoms with Crippen LogP contribution in [0.2, 0.25) is 0 Å². The Bertz CT molecular complexity index is 151. The van der Waals surface area contributed by atoms with Crippen LogP contribution in [-0.2, 0) is 4.79 Å². The Morgan fingerprint density at radius 1 is 1.50 bits per heavy atom. The second-order valence-corrected chi connectivity index (χ2v) is 4.66. The van der Waals surface area contributed by atoms with E-state index in [0.29, 0.717) is 11.0 Å². The fourth-order valence-electron chi connectivity index (χ4n) is 1.42. The molecule has 0 N–H and O–H groups in total. The zero-order valence-electron chi connectivity index (χ0n) is 7.88. The van der Waals surface area contributed by atoms with Crippen molar-refractivity contribution in [2.24, 2.45) is 0 Å². The first-order valence-electron chi connectivity index (χ1n) is 4.49. The number of piperidine rings is 1. The molecule has 70 valence electrons. The second kappa shape index (κ2) is 4.87. The first-order chi connectivity index (χ1) is 5.72. The summed E-state index contributed by atoms with van der Waals surface area (Å²) < 4.78 is 0. The van der Waals surface area contributed by atoms with Crippen LogP contribution >= 0.6 is 11.8 Å². The van der Waals surface area contributed by atoms with Gasteiger partial charge in [0.2, 0.25) is 0 Å². The molecule has 0 radical (unpaired) electrons. The summed E-state index contributed by atoms with van der Waals surface area (Å²) in [6.45, 7) is 5.32. The lowest BCUT2D eigenvalue weighted by Gasteiger charge is -2.27. The van der Waals surface area contributed by atoms with Crippen LogP contribution in [0.5, 0.6) is 0 Å². The molecule has 1 atom stereocenters. The number of carbonyl (C=O) groups excluding carboxylic acids is 1. The minimum absolute atomic E-state index is 0.433. The zero-order chi connectivity index (χ0) is 8.97. The molecule has 1 aliphatic rings. The highest BCUT2D eigenvalue weighted by molar-refractivity contribution is 7.99. The molecule has 1 rings (SSSR count). The number of hydrogen-bond donors (Lipinski definition) is 0. The van der Waals surface area contributed by atoms with E-state index in [2.05, 4.69) is 18.1 Å². The van der Waals surface area contributed by atoms with Crippen LogP contribution in [0.3, 0.4) is 0 Å². The number of nitrogens with zero attached hydrogens (tertiary/aromatic N) is 1. The molecule has 0 amide bonds. The number of ketones is 1. The molecule has 0 saturated carbocycles. The third kappa shape index (κ3) is 3.15. The van der Waals surface area contributed by atoms with Gasteiger partial charge in [0.25, 0.3) is 0 Å². The topological polar surface area (TPSA) is 20.3 Å². The van der Waals surface area contributed by atoms with Crippen LogP contribution < -0.4 is 0 Å². The third-order valence-electron chi connectivity index (χ3n) is 2.33. The van der Waals surface area contributed by atoms with Crippen molar-refractivity contribution in [1.82, 2.24) is 4.90 Å². The molecule has 2 nitrogen and oxygen atoms in total. The SMILES string of the molecule is CSC(C)CN1CCC(=O)CC1. The predicted octanol–water partition coefficient (Wildman–Crippen LogP) is 1.40. The lowest BCUT2D eigenvalue weighted by molar-refractivity contribution is -0.121. The smallest absolute Gasteiger partial charge is 0.135 e. The predicted molar refractivity (Wildman–Crippen MR) is 53.7 cm³/mol. The third-order valence-corrected chi connectivity index (χ3v) is 3.29. The van der Waals surface area contributed by atoms with E-state index < -0.39 is 0 Å². The molecule has 0 aliphatic carbocycles. The number of carbonyl (C=O) groups is 1. The van der Waals surface area contributed by atoms with Gasteiger partial charge in [-0.3, -0.25) is 4.79 Å². The molecule has 1 fully saturated rings. The van der Waals surface area contributed by atoms with Gasteiger partial charge in [0, 0.05) is 37.7 Å². The average molecular weight is 187 g/mol. The summed E-state index contributed by atoms with van der Waals surface area (Å²) in [5.41, 5.74) is 0. The highest BCUT2D eigenvalue weighted by Crippen LogP contribution is 2.11. The summed E-state index contributed by atoms with van der Waals surface area (Å²) in [6.07, 6.45) is 3.67. The monoisotopic (exact) mass is 187 g/mol. The number of thioether (sulfide) groups is 1. The maximum atomic E-state index is 10.9. The van der Waals surface area contributed by atoms with Crippen LogP contribution in [0.1, 0.15) is 19.8 Å². The molecule has 0 aromatic carbocycles. The minimum atomic E-state index is 0.433. The van der Waals surface area contributed by atoms with E-state index in [-0.39, 0.29) is 0 Å². The second-order valence-electron chi connectivity index (χ2n) is 3.39. The van der Waals surface area contributed by atoms with Gasteiger partial charge in [-0.25, -0.2) is 0 Å². The molecule has 0 bridgehead atoms. The Morgan fingerprint density at radius 3 is 2.58 bits per heavy atom. The van der Waals surface area contributed by atoms with Crippen molar-refractivity contribution in [2.75, 3.05) is 25.9 Å². The fourth-order valence-corrected chi connectivity index (χ4v) is 1.78. The first-order valence-corrected chi connectivity index (χ1v) is 5.78. The van der Waals surface area contributed by atoms with E-state index in [1.807, 2.05) is 11.8 Å². The molecule has 1 aliphatic heterocycles. The van der Waals surface area contributed by atoms with Crippen LogP contribution in [0.25, 0.3) is 0 Å². The quantitative estimate of drug-likeness (QED) is 0.666. The average Bonchev–Trinajstić information content (AvgIpc) is 2.09. The molecular weight excluding hydrogens is 170 g/mol. The molecule has 12 heavy (non-hydrogen) atoms. The van der Waals surface area contributed by atoms with Crippen molar-refractivity contribution < 1.29 is 4.79 Å². The van der Waals surface area contributed by atoms with Gasteiger partial charge in [-0.1, -0.05) is 6.92 Å². The van der Waals surface area contributed by atoms with Crippen molar-refractivity contribution >= 4 is 17.5 Å². The summed E-state index contributed by atoms with van der Waals surface area (Å²) in [7, 11) is 0. The van der Waals surface area contributed by atoms with Crippen LogP contribution in [-0.4, -0.2) is 41.8 Å². The van der Waals surface area contributed by atoms with Gasteiger partial charge in [0.1, 0.15) is 5.78 Å². The van der Waals surface area contributed by atoms with Crippen molar-refractivity contribution in [1.29, 1.82) is 0 Å². The van der Waals surface area contributed by atoms with E-state index in [1.54, 1.807) is 0 Å². The first kappa shape index (κ1) is 10.1. The molecule has 1 saturated heterocycles. The number of Topliss-reactive ketones (excluding diaryl/α,β-unsaturated/α-hetero) is 1. The Labute approximate surface area is 78.7 Å². The summed E-state index contributed by atoms with van der Waals surface area (Å²) >= 11 is 1.89. The molecule has 1 heterocycles. The fraction of sp³-hybridized carbons (Fsp3) is 0.889. The Kier molecular flexibility index (Phi) is 4.09. The van der Waals surface area contributed by atoms with Crippen LogP contribution in [0.15, 0.2) is 0 Å². The van der Waals surface area contributed by atoms with Gasteiger partial charge in [-0.2, -0.15) is 11.8 Å². The van der Waals surface area contributed by atoms with Crippen molar-refractivity contribution in [2.45, 2.75) is 25.0 Å². The van der Waals surface area contributed by atoms with Crippen molar-refractivity contribution in [3.63, 3.8) is 0 Å². The molecule has 1 unspecified atom stereocenters. The standard InChI is InChI=1S/C9H17NOS/c1-8(12-2)7-10-5-3-9(11)4-6-10/h8H,3-7H2,1-2H3. The number of likely N-dealkylation sites (tertiary alicyclic amines) is 1. The number of hydrogen-bond acceptors (Lipinski definition) is 3. The number of rotatable bonds is 3. The van der Waals surface area contributed by atoms with Crippen molar-refractivity contribution in [3.8, 4) is 0 Å². The summed E-state index contributed by atoms with van der Waals surface area (Å²) in [5, 5.41) is 0.693. The molecule has 3 heteroatoms. The molecule has 0 aromatic rings. The van der Waals surface area contributed by atoms with E-state index in [1.165, 1.54) is 0 Å². The van der Waals surface area contributed by atoms with Gasteiger partial charge in [-0.15, -0.1) is 0 Å². The maximum absolute atomic E-state index is 10.9. The van der Waals surface area contributed by atoms with E-state index in [0.717, 1.165) is 32.5 Å². The zero-order valence-corrected chi connectivity index (χ0v) is 8.69. The van der Waals surface area contributed by atoms with E-state index >= 15 is 0 Å². The minimum Gasteiger partial charge on any atom is -0.301 e. The highest BCUT2D eigenvalue weighted by atomic mass is 32.2. The summed E-state index contributed by atoms with van der Waals surface area (Å²) in [4.78, 5) is 13.3. The summed E-state index contributed by atoms with van der Waals surface area (Å²) in [6, 6.07) is 0. The molecule has 0 aromatic heterocycles. The largest absolute Gasteiger partial charge is 0.301 e. The highest BCUT2D eigenvalue weighted by Gasteiger charge is 2.16. The lowest BCUT2D eigenvalue weighted by atomic mass is 10.1. The lowest BCUT2D eigenvalue weighted by Crippen LogP contribution is -2.37. The van der Waals surface area contributed by atoms with Gasteiger partial charge in [0.05, 0.1) is 0 Å². The van der Waals surface area contributed by atoms with E-state index in [9.17, 15) is 4.79 Å². The van der Waals surface area contributed by atoms with Gasteiger partial charge in [0.15, 0.2) is 0 Å². The Hall–Kier alpha value is -0.0200. The van der Waals surface area contributed by atoms with Crippen LogP contribution in [0, 0.1) is 0 Å². The Morgan fingerprint density at radius 2 is 2.08 bits per heavy atom. The summed E-state index contributed by atoms with van der Waals surface area (Å²) in [5.74, 6) is 0.433. The van der Waals surface area contributed by atoms with E-state index in [4.69, 9.17) is 0 Å². The van der Waals surface area contributed by atoms with Crippen LogP contribution in [0.4, 0.5) is 0 Å². The molecule has 0 spiro atoms. The van der Waals surface area contributed by atoms with Crippen molar-refractivity contribution in [3.05, 3.63) is 0 Å². The Balaban J connectivity index is 2.21. The maximum Gasteiger partial charge on any atom is 0.135 e.